The van der Waals surface area contributed by atoms with E-state index in [9.17, 15) is 13.2 Å². The summed E-state index contributed by atoms with van der Waals surface area (Å²) in [7, 11) is -3.72. The molecule has 0 fully saturated rings. The molecule has 0 aromatic carbocycles. The van der Waals surface area contributed by atoms with E-state index >= 15 is 0 Å². The quantitative estimate of drug-likeness (QED) is 0.846. The van der Waals surface area contributed by atoms with Crippen molar-refractivity contribution in [3.63, 3.8) is 0 Å². The van der Waals surface area contributed by atoms with Gasteiger partial charge in [-0.05, 0) is 31.5 Å². The molecule has 6 nitrogen and oxygen atoms in total. The molecule has 0 amide bonds. The summed E-state index contributed by atoms with van der Waals surface area (Å²) in [5, 5.41) is -0.166. The number of halogens is 1. The molecule has 2 rings (SSSR count). The molecule has 0 aliphatic rings. The largest absolute Gasteiger partial charge is 0.469 e. The fourth-order valence-corrected chi connectivity index (χ4v) is 3.31. The van der Waals surface area contributed by atoms with Gasteiger partial charge in [0.05, 0.1) is 11.2 Å². The van der Waals surface area contributed by atoms with E-state index in [1.165, 1.54) is 0 Å². The van der Waals surface area contributed by atoms with Crippen LogP contribution in [0.15, 0.2) is 44.8 Å². The van der Waals surface area contributed by atoms with Crippen molar-refractivity contribution in [2.75, 3.05) is 0 Å². The van der Waals surface area contributed by atoms with Crippen molar-refractivity contribution in [3.8, 4) is 0 Å². The van der Waals surface area contributed by atoms with Gasteiger partial charge in [0.15, 0.2) is 0 Å². The first kappa shape index (κ1) is 15.8. The molecule has 2 aromatic heterocycles. The number of hydrogen-bond acceptors (Lipinski definition) is 4. The van der Waals surface area contributed by atoms with Crippen molar-refractivity contribution >= 4 is 21.6 Å². The molecule has 0 radical (unpaired) electrons. The van der Waals surface area contributed by atoms with Crippen LogP contribution in [0.4, 0.5) is 0 Å². The van der Waals surface area contributed by atoms with Crippen LogP contribution in [-0.2, 0) is 16.4 Å². The number of sulfonamides is 1. The van der Waals surface area contributed by atoms with Gasteiger partial charge >= 0.3 is 0 Å². The zero-order chi connectivity index (χ0) is 15.5. The zero-order valence-corrected chi connectivity index (χ0v) is 12.9. The van der Waals surface area contributed by atoms with Crippen LogP contribution in [0.2, 0.25) is 5.02 Å². The van der Waals surface area contributed by atoms with Crippen molar-refractivity contribution in [2.24, 2.45) is 0 Å². The third-order valence-electron chi connectivity index (χ3n) is 2.90. The molecule has 0 aliphatic heterocycles. The SMILES string of the molecule is CC(CCc1ccco1)NS(=O)(=O)c1c[nH]c(=O)c(Cl)c1. The number of furan rings is 1. The fraction of sp³-hybridized carbons (Fsp3) is 0.308. The second-order valence-corrected chi connectivity index (χ2v) is 6.77. The van der Waals surface area contributed by atoms with E-state index in [0.29, 0.717) is 12.8 Å². The predicted octanol–water partition coefficient (Wildman–Crippen LogP) is 1.92. The monoisotopic (exact) mass is 330 g/mol. The van der Waals surface area contributed by atoms with Crippen LogP contribution in [0, 0.1) is 0 Å². The van der Waals surface area contributed by atoms with Crippen LogP contribution in [0.5, 0.6) is 0 Å². The lowest BCUT2D eigenvalue weighted by Crippen LogP contribution is -2.33. The molecule has 0 saturated heterocycles. The second-order valence-electron chi connectivity index (χ2n) is 4.65. The van der Waals surface area contributed by atoms with Crippen LogP contribution < -0.4 is 10.3 Å². The maximum Gasteiger partial charge on any atom is 0.266 e. The van der Waals surface area contributed by atoms with Crippen LogP contribution in [0.1, 0.15) is 19.1 Å². The molecule has 21 heavy (non-hydrogen) atoms. The van der Waals surface area contributed by atoms with E-state index in [1.807, 2.05) is 6.07 Å². The molecule has 114 valence electrons. The highest BCUT2D eigenvalue weighted by molar-refractivity contribution is 7.89. The first-order chi connectivity index (χ1) is 9.88. The van der Waals surface area contributed by atoms with Crippen molar-refractivity contribution in [3.05, 3.63) is 51.8 Å². The maximum atomic E-state index is 12.2. The Labute approximate surface area is 127 Å². The Morgan fingerprint density at radius 1 is 1.48 bits per heavy atom. The van der Waals surface area contributed by atoms with Gasteiger partial charge in [-0.15, -0.1) is 0 Å². The Balaban J connectivity index is 2.02. The van der Waals surface area contributed by atoms with Crippen LogP contribution >= 0.6 is 11.6 Å². The van der Waals surface area contributed by atoms with Crippen molar-refractivity contribution in [1.29, 1.82) is 0 Å². The number of aromatic amines is 1. The summed E-state index contributed by atoms with van der Waals surface area (Å²) in [6.45, 7) is 1.76. The van der Waals surface area contributed by atoms with Gasteiger partial charge in [-0.25, -0.2) is 13.1 Å². The minimum Gasteiger partial charge on any atom is -0.469 e. The number of hydrogen-bond donors (Lipinski definition) is 2. The first-order valence-corrected chi connectivity index (χ1v) is 8.17. The standard InChI is InChI=1S/C13H15ClN2O4S/c1-9(4-5-10-3-2-6-20-10)16-21(18,19)11-7-12(14)13(17)15-8-11/h2-3,6-9,16H,4-5H2,1H3,(H,15,17). The van der Waals surface area contributed by atoms with Gasteiger partial charge in [0, 0.05) is 18.7 Å². The third-order valence-corrected chi connectivity index (χ3v) is 4.75. The lowest BCUT2D eigenvalue weighted by Gasteiger charge is -2.13. The predicted molar refractivity (Wildman–Crippen MR) is 78.9 cm³/mol. The molecule has 8 heteroatoms. The summed E-state index contributed by atoms with van der Waals surface area (Å²) >= 11 is 5.64. The second kappa shape index (κ2) is 6.46. The van der Waals surface area contributed by atoms with E-state index in [1.54, 1.807) is 19.3 Å². The van der Waals surface area contributed by atoms with Gasteiger partial charge in [0.1, 0.15) is 10.8 Å². The van der Waals surface area contributed by atoms with E-state index < -0.39 is 15.6 Å². The molecule has 2 N–H and O–H groups in total. The van der Waals surface area contributed by atoms with Gasteiger partial charge in [0.2, 0.25) is 10.0 Å². The number of pyridine rings is 1. The van der Waals surface area contributed by atoms with E-state index in [2.05, 4.69) is 9.71 Å². The first-order valence-electron chi connectivity index (χ1n) is 6.31. The highest BCUT2D eigenvalue weighted by Crippen LogP contribution is 2.12. The Kier molecular flexibility index (Phi) is 4.87. The molecule has 1 atom stereocenters. The molecule has 2 aromatic rings. The summed E-state index contributed by atoms with van der Waals surface area (Å²) < 4.78 is 32.0. The average Bonchev–Trinajstić information content (AvgIpc) is 2.92. The lowest BCUT2D eigenvalue weighted by molar-refractivity contribution is 0.480. The molecule has 0 bridgehead atoms. The summed E-state index contributed by atoms with van der Waals surface area (Å²) in [5.41, 5.74) is -0.526. The lowest BCUT2D eigenvalue weighted by atomic mass is 10.2. The zero-order valence-electron chi connectivity index (χ0n) is 11.3. The average molecular weight is 331 g/mol. The van der Waals surface area contributed by atoms with Gasteiger partial charge in [-0.1, -0.05) is 11.6 Å². The molecule has 1 unspecified atom stereocenters. The number of aromatic nitrogens is 1. The van der Waals surface area contributed by atoms with Crippen molar-refractivity contribution in [2.45, 2.75) is 30.7 Å². The summed E-state index contributed by atoms with van der Waals surface area (Å²) in [6.07, 6.45) is 3.91. The van der Waals surface area contributed by atoms with Gasteiger partial charge in [-0.3, -0.25) is 4.79 Å². The minimum atomic E-state index is -3.72. The van der Waals surface area contributed by atoms with Crippen molar-refractivity contribution < 1.29 is 12.8 Å². The van der Waals surface area contributed by atoms with Crippen LogP contribution in [0.3, 0.4) is 0 Å². The highest BCUT2D eigenvalue weighted by Gasteiger charge is 2.18. The fourth-order valence-electron chi connectivity index (χ4n) is 1.80. The van der Waals surface area contributed by atoms with Gasteiger partial charge < -0.3 is 9.40 Å². The molecule has 2 heterocycles. The molecule has 0 aliphatic carbocycles. The summed E-state index contributed by atoms with van der Waals surface area (Å²) in [4.78, 5) is 13.3. The topological polar surface area (TPSA) is 92.2 Å². The molecular weight excluding hydrogens is 316 g/mol. The van der Waals surface area contributed by atoms with E-state index in [-0.39, 0.29) is 16.0 Å². The number of aryl methyl sites for hydroxylation is 1. The third kappa shape index (κ3) is 4.20. The molecule has 0 spiro atoms. The van der Waals surface area contributed by atoms with Gasteiger partial charge in [0.25, 0.3) is 5.56 Å². The smallest absolute Gasteiger partial charge is 0.266 e. The Morgan fingerprint density at radius 2 is 2.24 bits per heavy atom. The Morgan fingerprint density at radius 3 is 2.86 bits per heavy atom. The summed E-state index contributed by atoms with van der Waals surface area (Å²) in [5.74, 6) is 0.799. The highest BCUT2D eigenvalue weighted by atomic mass is 35.5. The maximum absolute atomic E-state index is 12.2. The molecular formula is C13H15ClN2O4S. The van der Waals surface area contributed by atoms with E-state index in [0.717, 1.165) is 18.0 Å². The van der Waals surface area contributed by atoms with Crippen LogP contribution in [0.25, 0.3) is 0 Å². The number of H-pyrrole nitrogens is 1. The van der Waals surface area contributed by atoms with Crippen molar-refractivity contribution in [1.82, 2.24) is 9.71 Å². The Bertz CT molecular complexity index is 753. The summed E-state index contributed by atoms with van der Waals surface area (Å²) in [6, 6.07) is 4.46. The normalized spacial score (nSPS) is 13.2. The minimum absolute atomic E-state index is 0.0723. The van der Waals surface area contributed by atoms with Gasteiger partial charge in [-0.2, -0.15) is 0 Å². The molecule has 0 saturated carbocycles. The van der Waals surface area contributed by atoms with Crippen LogP contribution in [-0.4, -0.2) is 19.4 Å². The number of rotatable bonds is 6. The number of nitrogens with one attached hydrogen (secondary N) is 2. The van der Waals surface area contributed by atoms with E-state index in [4.69, 9.17) is 16.0 Å². The Hall–Kier alpha value is -1.57.